The lowest BCUT2D eigenvalue weighted by atomic mass is 9.70. The molecule has 0 saturated carbocycles. The third-order valence-electron chi connectivity index (χ3n) is 7.07. The predicted octanol–water partition coefficient (Wildman–Crippen LogP) is 3.34. The van der Waals surface area contributed by atoms with E-state index >= 15 is 0 Å². The molecular formula is C25H29N5O2. The molecule has 166 valence electrons. The quantitative estimate of drug-likeness (QED) is 0.617. The Morgan fingerprint density at radius 2 is 1.94 bits per heavy atom. The minimum absolute atomic E-state index is 0.0569. The maximum absolute atomic E-state index is 12.9. The summed E-state index contributed by atoms with van der Waals surface area (Å²) >= 11 is 0. The number of carbonyl (C=O) groups excluding carboxylic acids is 1. The molecule has 1 aromatic carbocycles. The minimum atomic E-state index is 0.0569. The number of amides is 1. The van der Waals surface area contributed by atoms with Crippen molar-refractivity contribution in [2.24, 2.45) is 5.41 Å². The minimum Gasteiger partial charge on any atom is -0.425 e. The number of aryl methyl sites for hydroxylation is 1. The monoisotopic (exact) mass is 431 g/mol. The standard InChI is InChI=1S/C25H29N5O2/c1-19-27-28-23(32-19)22-17-29(13-9-20-6-3-2-4-7-20)18-25(22)10-14-30(15-11-25)24(31)21-8-5-12-26-16-21/h2-8,12,16,22H,9-11,13-15,17-18H2,1H3. The zero-order chi connectivity index (χ0) is 22.0. The highest BCUT2D eigenvalue weighted by atomic mass is 16.4. The smallest absolute Gasteiger partial charge is 0.255 e. The first kappa shape index (κ1) is 20.8. The van der Waals surface area contributed by atoms with Crippen molar-refractivity contribution in [2.75, 3.05) is 32.7 Å². The fourth-order valence-corrected chi connectivity index (χ4v) is 5.30. The van der Waals surface area contributed by atoms with Crippen molar-refractivity contribution < 1.29 is 9.21 Å². The maximum atomic E-state index is 12.9. The average Bonchev–Trinajstić information content (AvgIpc) is 3.42. The van der Waals surface area contributed by atoms with Gasteiger partial charge in [0.1, 0.15) is 0 Å². The van der Waals surface area contributed by atoms with Crippen LogP contribution in [0.15, 0.2) is 59.3 Å². The number of carbonyl (C=O) groups is 1. The van der Waals surface area contributed by atoms with Crippen molar-refractivity contribution in [3.8, 4) is 0 Å². The number of hydrogen-bond acceptors (Lipinski definition) is 6. The van der Waals surface area contributed by atoms with Crippen LogP contribution in [-0.2, 0) is 6.42 Å². The van der Waals surface area contributed by atoms with E-state index in [2.05, 4.69) is 50.4 Å². The summed E-state index contributed by atoms with van der Waals surface area (Å²) < 4.78 is 5.91. The van der Waals surface area contributed by atoms with E-state index < -0.39 is 0 Å². The number of aromatic nitrogens is 3. The van der Waals surface area contributed by atoms with Gasteiger partial charge in [-0.1, -0.05) is 30.3 Å². The van der Waals surface area contributed by atoms with E-state index in [-0.39, 0.29) is 17.2 Å². The molecule has 2 aliphatic heterocycles. The molecule has 32 heavy (non-hydrogen) atoms. The van der Waals surface area contributed by atoms with E-state index in [1.54, 1.807) is 12.4 Å². The summed E-state index contributed by atoms with van der Waals surface area (Å²) in [7, 11) is 0. The molecule has 5 rings (SSSR count). The van der Waals surface area contributed by atoms with Crippen LogP contribution >= 0.6 is 0 Å². The van der Waals surface area contributed by atoms with Crippen molar-refractivity contribution in [2.45, 2.75) is 32.1 Å². The van der Waals surface area contributed by atoms with E-state index in [9.17, 15) is 4.79 Å². The second-order valence-corrected chi connectivity index (χ2v) is 9.08. The highest BCUT2D eigenvalue weighted by Crippen LogP contribution is 2.49. The molecule has 1 unspecified atom stereocenters. The molecule has 1 spiro atoms. The largest absolute Gasteiger partial charge is 0.425 e. The van der Waals surface area contributed by atoms with Crippen LogP contribution < -0.4 is 0 Å². The molecule has 2 aromatic heterocycles. The van der Waals surface area contributed by atoms with Crippen molar-refractivity contribution in [3.63, 3.8) is 0 Å². The van der Waals surface area contributed by atoms with Gasteiger partial charge in [0, 0.05) is 52.0 Å². The molecule has 7 heteroatoms. The third kappa shape index (κ3) is 4.17. The molecule has 2 aliphatic rings. The second kappa shape index (κ2) is 8.82. The third-order valence-corrected chi connectivity index (χ3v) is 7.07. The Labute approximate surface area is 188 Å². The fraction of sp³-hybridized carbons (Fsp3) is 0.440. The van der Waals surface area contributed by atoms with Gasteiger partial charge in [0.25, 0.3) is 5.91 Å². The molecule has 0 bridgehead atoms. The van der Waals surface area contributed by atoms with E-state index in [0.717, 1.165) is 57.9 Å². The van der Waals surface area contributed by atoms with Gasteiger partial charge >= 0.3 is 0 Å². The lowest BCUT2D eigenvalue weighted by Gasteiger charge is -2.41. The van der Waals surface area contributed by atoms with Gasteiger partial charge in [-0.3, -0.25) is 9.78 Å². The molecule has 2 saturated heterocycles. The Balaban J connectivity index is 1.30. The summed E-state index contributed by atoms with van der Waals surface area (Å²) in [5.41, 5.74) is 2.07. The van der Waals surface area contributed by atoms with Gasteiger partial charge < -0.3 is 14.2 Å². The number of hydrogen-bond donors (Lipinski definition) is 0. The van der Waals surface area contributed by atoms with Gasteiger partial charge in [-0.05, 0) is 42.4 Å². The zero-order valence-corrected chi connectivity index (χ0v) is 18.5. The first-order valence-corrected chi connectivity index (χ1v) is 11.4. The summed E-state index contributed by atoms with van der Waals surface area (Å²) in [5.74, 6) is 1.63. The summed E-state index contributed by atoms with van der Waals surface area (Å²) in [6.45, 7) is 6.26. The van der Waals surface area contributed by atoms with Gasteiger partial charge in [-0.25, -0.2) is 0 Å². The summed E-state index contributed by atoms with van der Waals surface area (Å²) in [6.07, 6.45) is 6.25. The van der Waals surface area contributed by atoms with Crippen LogP contribution in [0.1, 0.15) is 46.5 Å². The highest BCUT2D eigenvalue weighted by Gasteiger charge is 2.51. The maximum Gasteiger partial charge on any atom is 0.255 e. The number of nitrogens with zero attached hydrogens (tertiary/aromatic N) is 5. The molecule has 3 aromatic rings. The SMILES string of the molecule is Cc1nnc(C2CN(CCc3ccccc3)CC23CCN(C(=O)c2cccnc2)CC3)o1. The van der Waals surface area contributed by atoms with Crippen LogP contribution in [0.4, 0.5) is 0 Å². The van der Waals surface area contributed by atoms with Crippen LogP contribution in [0.5, 0.6) is 0 Å². The molecule has 0 radical (unpaired) electrons. The van der Waals surface area contributed by atoms with E-state index in [4.69, 9.17) is 4.42 Å². The van der Waals surface area contributed by atoms with Gasteiger partial charge in [-0.2, -0.15) is 0 Å². The number of rotatable bonds is 5. The first-order valence-electron chi connectivity index (χ1n) is 11.4. The first-order chi connectivity index (χ1) is 15.6. The lowest BCUT2D eigenvalue weighted by Crippen LogP contribution is -2.46. The van der Waals surface area contributed by atoms with Crippen molar-refractivity contribution >= 4 is 5.91 Å². The normalized spacial score (nSPS) is 20.7. The van der Waals surface area contributed by atoms with E-state index in [1.807, 2.05) is 24.0 Å². The zero-order valence-electron chi connectivity index (χ0n) is 18.5. The van der Waals surface area contributed by atoms with Crippen molar-refractivity contribution in [1.29, 1.82) is 0 Å². The van der Waals surface area contributed by atoms with Crippen LogP contribution in [0.2, 0.25) is 0 Å². The molecule has 1 amide bonds. The van der Waals surface area contributed by atoms with Gasteiger partial charge in [0.15, 0.2) is 0 Å². The van der Waals surface area contributed by atoms with Crippen LogP contribution in [0.3, 0.4) is 0 Å². The Hall–Kier alpha value is -3.06. The number of pyridine rings is 1. The highest BCUT2D eigenvalue weighted by molar-refractivity contribution is 5.93. The Kier molecular flexibility index (Phi) is 5.74. The predicted molar refractivity (Wildman–Crippen MR) is 120 cm³/mol. The number of benzene rings is 1. The fourth-order valence-electron chi connectivity index (χ4n) is 5.30. The van der Waals surface area contributed by atoms with E-state index in [0.29, 0.717) is 11.5 Å². The second-order valence-electron chi connectivity index (χ2n) is 9.08. The Morgan fingerprint density at radius 3 is 2.62 bits per heavy atom. The molecule has 1 atom stereocenters. The number of likely N-dealkylation sites (tertiary alicyclic amines) is 2. The molecule has 7 nitrogen and oxygen atoms in total. The lowest BCUT2D eigenvalue weighted by molar-refractivity contribution is 0.0547. The van der Waals surface area contributed by atoms with E-state index in [1.165, 1.54) is 5.56 Å². The number of piperidine rings is 1. The summed E-state index contributed by atoms with van der Waals surface area (Å²) in [6, 6.07) is 14.3. The van der Waals surface area contributed by atoms with Gasteiger partial charge in [0.2, 0.25) is 11.8 Å². The average molecular weight is 432 g/mol. The molecule has 0 N–H and O–H groups in total. The molecule has 2 fully saturated rings. The summed E-state index contributed by atoms with van der Waals surface area (Å²) in [4.78, 5) is 21.5. The Bertz CT molecular complexity index is 1040. The van der Waals surface area contributed by atoms with Crippen LogP contribution in [-0.4, -0.2) is 63.6 Å². The topological polar surface area (TPSA) is 75.4 Å². The van der Waals surface area contributed by atoms with Gasteiger partial charge in [0.05, 0.1) is 11.5 Å². The summed E-state index contributed by atoms with van der Waals surface area (Å²) in [5, 5.41) is 8.50. The van der Waals surface area contributed by atoms with Crippen molar-refractivity contribution in [1.82, 2.24) is 25.0 Å². The van der Waals surface area contributed by atoms with Crippen LogP contribution in [0, 0.1) is 12.3 Å². The molecular weight excluding hydrogens is 402 g/mol. The Morgan fingerprint density at radius 1 is 1.12 bits per heavy atom. The van der Waals surface area contributed by atoms with Crippen LogP contribution in [0.25, 0.3) is 0 Å². The van der Waals surface area contributed by atoms with Crippen molar-refractivity contribution in [3.05, 3.63) is 77.8 Å². The molecule has 4 heterocycles. The molecule has 0 aliphatic carbocycles. The van der Waals surface area contributed by atoms with Gasteiger partial charge in [-0.15, -0.1) is 10.2 Å².